The summed E-state index contributed by atoms with van der Waals surface area (Å²) in [5.41, 5.74) is 16.4. The van der Waals surface area contributed by atoms with Crippen LogP contribution in [-0.4, -0.2) is 0 Å². The van der Waals surface area contributed by atoms with Crippen molar-refractivity contribution >= 4 is 39.0 Å². The maximum Gasteiger partial charge on any atom is 0.135 e. The number of furan rings is 1. The summed E-state index contributed by atoms with van der Waals surface area (Å²) in [6.07, 6.45) is 3.90. The van der Waals surface area contributed by atoms with Crippen molar-refractivity contribution in [1.82, 2.24) is 0 Å². The van der Waals surface area contributed by atoms with E-state index in [-0.39, 0.29) is 0 Å². The number of hydrogen-bond donors (Lipinski definition) is 0. The first-order chi connectivity index (χ1) is 26.8. The van der Waals surface area contributed by atoms with E-state index in [1.807, 2.05) is 12.1 Å². The Labute approximate surface area is 316 Å². The van der Waals surface area contributed by atoms with Crippen molar-refractivity contribution in [3.05, 3.63) is 200 Å². The molecule has 1 heterocycles. The Morgan fingerprint density at radius 2 is 0.907 bits per heavy atom. The summed E-state index contributed by atoms with van der Waals surface area (Å²) in [5.74, 6) is 0.671. The number of benzene rings is 8. The number of para-hydroxylation sites is 1. The van der Waals surface area contributed by atoms with Gasteiger partial charge in [0.2, 0.25) is 0 Å². The molecule has 258 valence electrons. The lowest BCUT2D eigenvalue weighted by molar-refractivity contribution is 0.420. The molecule has 0 saturated heterocycles. The molecule has 1 aliphatic carbocycles. The maximum absolute atomic E-state index is 6.16. The minimum atomic E-state index is 0.671. The molecular formula is C52H39NO. The van der Waals surface area contributed by atoms with Gasteiger partial charge in [0.1, 0.15) is 11.2 Å². The summed E-state index contributed by atoms with van der Waals surface area (Å²) in [4.78, 5) is 2.38. The van der Waals surface area contributed by atoms with Crippen LogP contribution in [0.1, 0.15) is 30.7 Å². The quantitative estimate of drug-likeness (QED) is 0.158. The van der Waals surface area contributed by atoms with Crippen LogP contribution in [-0.2, 0) is 0 Å². The van der Waals surface area contributed by atoms with Crippen LogP contribution < -0.4 is 4.90 Å². The second-order valence-corrected chi connectivity index (χ2v) is 14.4. The molecule has 54 heavy (non-hydrogen) atoms. The van der Waals surface area contributed by atoms with E-state index in [9.17, 15) is 0 Å². The molecular weight excluding hydrogens is 655 g/mol. The Kier molecular flexibility index (Phi) is 8.15. The zero-order valence-corrected chi connectivity index (χ0v) is 30.0. The van der Waals surface area contributed by atoms with E-state index in [0.29, 0.717) is 5.92 Å². The van der Waals surface area contributed by atoms with E-state index >= 15 is 0 Å². The fourth-order valence-electron chi connectivity index (χ4n) is 8.20. The molecule has 0 atom stereocenters. The SMILES string of the molecule is c1ccc(-c2ccccc2-c2ccc(N(c3ccc(-c4ccccc4C4CCC4)cc3)c3cccc(-c4ccc5oc6ccccc6c5c4)c3)cc2)cc1. The molecule has 0 unspecified atom stereocenters. The van der Waals surface area contributed by atoms with Crippen LogP contribution in [0, 0.1) is 0 Å². The zero-order chi connectivity index (χ0) is 35.8. The minimum Gasteiger partial charge on any atom is -0.456 e. The second-order valence-electron chi connectivity index (χ2n) is 14.4. The highest BCUT2D eigenvalue weighted by molar-refractivity contribution is 6.06. The number of hydrogen-bond acceptors (Lipinski definition) is 2. The van der Waals surface area contributed by atoms with Crippen molar-refractivity contribution in [2.45, 2.75) is 25.2 Å². The lowest BCUT2D eigenvalue weighted by atomic mass is 9.77. The Morgan fingerprint density at radius 1 is 0.370 bits per heavy atom. The molecule has 1 saturated carbocycles. The van der Waals surface area contributed by atoms with Crippen LogP contribution in [0.25, 0.3) is 66.4 Å². The smallest absolute Gasteiger partial charge is 0.135 e. The molecule has 0 amide bonds. The van der Waals surface area contributed by atoms with Crippen LogP contribution in [0.3, 0.4) is 0 Å². The van der Waals surface area contributed by atoms with Crippen LogP contribution >= 0.6 is 0 Å². The van der Waals surface area contributed by atoms with Crippen LogP contribution in [0.15, 0.2) is 199 Å². The van der Waals surface area contributed by atoms with Gasteiger partial charge < -0.3 is 9.32 Å². The van der Waals surface area contributed by atoms with Crippen molar-refractivity contribution in [3.8, 4) is 44.5 Å². The van der Waals surface area contributed by atoms with Crippen LogP contribution in [0.2, 0.25) is 0 Å². The summed E-state index contributed by atoms with van der Waals surface area (Å²) in [7, 11) is 0. The fourth-order valence-corrected chi connectivity index (χ4v) is 8.20. The molecule has 0 radical (unpaired) electrons. The van der Waals surface area contributed by atoms with Crippen molar-refractivity contribution in [1.29, 1.82) is 0 Å². The van der Waals surface area contributed by atoms with Gasteiger partial charge >= 0.3 is 0 Å². The molecule has 1 aromatic heterocycles. The van der Waals surface area contributed by atoms with Gasteiger partial charge in [0.25, 0.3) is 0 Å². The summed E-state index contributed by atoms with van der Waals surface area (Å²) in [5, 5.41) is 2.27. The lowest BCUT2D eigenvalue weighted by Gasteiger charge is -2.28. The lowest BCUT2D eigenvalue weighted by Crippen LogP contribution is -2.11. The van der Waals surface area contributed by atoms with Gasteiger partial charge in [0, 0.05) is 27.8 Å². The first-order valence-electron chi connectivity index (χ1n) is 19.0. The largest absolute Gasteiger partial charge is 0.456 e. The van der Waals surface area contributed by atoms with Crippen molar-refractivity contribution in [2.24, 2.45) is 0 Å². The number of fused-ring (bicyclic) bond motifs is 3. The summed E-state index contributed by atoms with van der Waals surface area (Å²) < 4.78 is 6.16. The topological polar surface area (TPSA) is 16.4 Å². The number of rotatable bonds is 8. The Hall–Kier alpha value is -6.64. The van der Waals surface area contributed by atoms with Gasteiger partial charge in [-0.1, -0.05) is 146 Å². The van der Waals surface area contributed by atoms with Gasteiger partial charge in [0.05, 0.1) is 0 Å². The predicted molar refractivity (Wildman–Crippen MR) is 227 cm³/mol. The van der Waals surface area contributed by atoms with E-state index in [2.05, 4.69) is 187 Å². The Morgan fingerprint density at radius 3 is 1.61 bits per heavy atom. The summed E-state index contributed by atoms with van der Waals surface area (Å²) in [6.45, 7) is 0. The molecule has 1 aliphatic rings. The van der Waals surface area contributed by atoms with E-state index in [1.54, 1.807) is 0 Å². The minimum absolute atomic E-state index is 0.671. The van der Waals surface area contributed by atoms with Crippen molar-refractivity contribution in [2.75, 3.05) is 4.90 Å². The third kappa shape index (κ3) is 5.87. The van der Waals surface area contributed by atoms with Gasteiger partial charge in [-0.15, -0.1) is 0 Å². The van der Waals surface area contributed by atoms with E-state index < -0.39 is 0 Å². The predicted octanol–water partition coefficient (Wildman–Crippen LogP) is 15.0. The molecule has 2 heteroatoms. The van der Waals surface area contributed by atoms with Crippen LogP contribution in [0.4, 0.5) is 17.1 Å². The molecule has 0 aliphatic heterocycles. The number of nitrogens with zero attached hydrogens (tertiary/aromatic N) is 1. The molecule has 0 bridgehead atoms. The number of anilines is 3. The molecule has 2 nitrogen and oxygen atoms in total. The van der Waals surface area contributed by atoms with E-state index in [1.165, 1.54) is 58.2 Å². The van der Waals surface area contributed by atoms with Crippen LogP contribution in [0.5, 0.6) is 0 Å². The third-order valence-electron chi connectivity index (χ3n) is 11.2. The molecule has 0 spiro atoms. The molecule has 9 aromatic rings. The van der Waals surface area contributed by atoms with Crippen molar-refractivity contribution < 1.29 is 4.42 Å². The third-order valence-corrected chi connectivity index (χ3v) is 11.2. The zero-order valence-electron chi connectivity index (χ0n) is 30.0. The maximum atomic E-state index is 6.16. The molecule has 0 N–H and O–H groups in total. The molecule has 8 aromatic carbocycles. The fraction of sp³-hybridized carbons (Fsp3) is 0.0769. The van der Waals surface area contributed by atoms with Crippen molar-refractivity contribution in [3.63, 3.8) is 0 Å². The van der Waals surface area contributed by atoms with E-state index in [4.69, 9.17) is 4.42 Å². The van der Waals surface area contributed by atoms with E-state index in [0.717, 1.165) is 50.1 Å². The molecule has 1 fully saturated rings. The van der Waals surface area contributed by atoms with Gasteiger partial charge in [-0.2, -0.15) is 0 Å². The highest BCUT2D eigenvalue weighted by Crippen LogP contribution is 2.43. The summed E-state index contributed by atoms with van der Waals surface area (Å²) in [6, 6.07) is 70.2. The second kappa shape index (κ2) is 13.7. The monoisotopic (exact) mass is 693 g/mol. The molecule has 10 rings (SSSR count). The normalized spacial score (nSPS) is 12.9. The first kappa shape index (κ1) is 32.0. The van der Waals surface area contributed by atoms with Gasteiger partial charge in [0.15, 0.2) is 0 Å². The first-order valence-corrected chi connectivity index (χ1v) is 19.0. The average molecular weight is 694 g/mol. The highest BCUT2D eigenvalue weighted by atomic mass is 16.3. The Balaban J connectivity index is 1.06. The van der Waals surface area contributed by atoms with Gasteiger partial charge in [-0.3, -0.25) is 0 Å². The highest BCUT2D eigenvalue weighted by Gasteiger charge is 2.23. The Bertz CT molecular complexity index is 2740. The average Bonchev–Trinajstić information content (AvgIpc) is 3.60. The standard InChI is InChI=1S/C52H39NO/c1-2-12-36(13-3-1)45-18-4-6-20-47(45)38-24-29-42(30-25-38)53(43-31-26-39(27-32-43)48-21-7-5-19-46(48)37-14-10-15-37)44-17-11-16-40(34-44)41-28-33-52-50(35-41)49-22-8-9-23-51(49)54-52/h1-9,11-13,16-35,37H,10,14-15H2. The van der Waals surface area contributed by atoms with Gasteiger partial charge in [-0.05, 0) is 123 Å². The van der Waals surface area contributed by atoms with Gasteiger partial charge in [-0.25, -0.2) is 0 Å². The summed E-state index contributed by atoms with van der Waals surface area (Å²) >= 11 is 0.